The Balaban J connectivity index is 1.58. The number of benzene rings is 2. The molecule has 3 aromatic rings. The van der Waals surface area contributed by atoms with Gasteiger partial charge in [0.25, 0.3) is 0 Å². The molecule has 15 heteroatoms. The van der Waals surface area contributed by atoms with E-state index in [0.29, 0.717) is 0 Å². The second-order valence-electron chi connectivity index (χ2n) is 10.1. The van der Waals surface area contributed by atoms with E-state index in [0.717, 1.165) is 6.07 Å². The second kappa shape index (κ2) is 11.6. The van der Waals surface area contributed by atoms with Crippen LogP contribution in [0, 0.1) is 0 Å². The summed E-state index contributed by atoms with van der Waals surface area (Å²) in [6.45, 7) is 0.702. The summed E-state index contributed by atoms with van der Waals surface area (Å²) in [7, 11) is 0. The van der Waals surface area contributed by atoms with Crippen LogP contribution >= 0.6 is 0 Å². The maximum absolute atomic E-state index is 13.7. The fraction of sp³-hybridized carbons (Fsp3) is 0.444. The van der Waals surface area contributed by atoms with Crippen LogP contribution < -0.4 is 14.9 Å². The minimum atomic E-state index is -1.87. The molecule has 15 nitrogen and oxygen atoms in total. The van der Waals surface area contributed by atoms with Gasteiger partial charge in [-0.1, -0.05) is 0 Å². The van der Waals surface area contributed by atoms with Gasteiger partial charge in [0.05, 0.1) is 12.7 Å². The molecule has 5 rings (SSSR count). The molecule has 0 spiro atoms. The number of hydrogen-bond donors (Lipinski definition) is 9. The molecule has 0 bridgehead atoms. The van der Waals surface area contributed by atoms with E-state index in [2.05, 4.69) is 0 Å². The highest BCUT2D eigenvalue weighted by Crippen LogP contribution is 2.38. The fourth-order valence-corrected chi connectivity index (χ4v) is 4.76. The third-order valence-electron chi connectivity index (χ3n) is 7.18. The topological polar surface area (TPSA) is 249 Å². The van der Waals surface area contributed by atoms with E-state index in [1.807, 2.05) is 0 Å². The molecule has 42 heavy (non-hydrogen) atoms. The van der Waals surface area contributed by atoms with E-state index in [1.165, 1.54) is 37.3 Å². The fourth-order valence-electron chi connectivity index (χ4n) is 4.76. The van der Waals surface area contributed by atoms with Crippen molar-refractivity contribution in [3.63, 3.8) is 0 Å². The van der Waals surface area contributed by atoms with Crippen molar-refractivity contribution in [3.8, 4) is 34.3 Å². The first-order valence-corrected chi connectivity index (χ1v) is 12.9. The molecular weight excluding hydrogens is 564 g/mol. The van der Waals surface area contributed by atoms with E-state index >= 15 is 0 Å². The molecule has 2 aliphatic heterocycles. The molecule has 0 radical (unpaired) electrons. The molecule has 0 amide bonds. The van der Waals surface area contributed by atoms with Crippen molar-refractivity contribution >= 4 is 11.0 Å². The summed E-state index contributed by atoms with van der Waals surface area (Å²) in [5, 5.41) is 90.7. The molecule has 0 saturated carbocycles. The van der Waals surface area contributed by atoms with Crippen LogP contribution in [0.3, 0.4) is 0 Å². The number of aliphatic hydroxyl groups excluding tert-OH is 7. The van der Waals surface area contributed by atoms with Crippen molar-refractivity contribution in [1.82, 2.24) is 0 Å². The lowest BCUT2D eigenvalue weighted by Gasteiger charge is -2.39. The van der Waals surface area contributed by atoms with E-state index in [-0.39, 0.29) is 28.4 Å². The van der Waals surface area contributed by atoms with Gasteiger partial charge in [0.1, 0.15) is 70.9 Å². The summed E-state index contributed by atoms with van der Waals surface area (Å²) in [4.78, 5) is 13.7. The van der Waals surface area contributed by atoms with Crippen molar-refractivity contribution < 1.29 is 69.3 Å². The Morgan fingerprint density at radius 2 is 1.40 bits per heavy atom. The zero-order valence-electron chi connectivity index (χ0n) is 21.9. The summed E-state index contributed by atoms with van der Waals surface area (Å²) in [6.07, 6.45) is -15.5. The zero-order valence-corrected chi connectivity index (χ0v) is 21.9. The molecule has 9 N–H and O–H groups in total. The molecule has 2 saturated heterocycles. The van der Waals surface area contributed by atoms with Crippen molar-refractivity contribution in [3.05, 3.63) is 46.6 Å². The first kappa shape index (κ1) is 30.0. The summed E-state index contributed by atoms with van der Waals surface area (Å²) in [6, 6.07) is 7.53. The molecule has 0 aliphatic carbocycles. The Hall–Kier alpha value is -3.51. The summed E-state index contributed by atoms with van der Waals surface area (Å²) in [5.41, 5.74) is -1.01. The average molecular weight is 595 g/mol. The smallest absolute Gasteiger partial charge is 0.239 e. The van der Waals surface area contributed by atoms with E-state index in [1.54, 1.807) is 0 Å². The summed E-state index contributed by atoms with van der Waals surface area (Å²) < 4.78 is 28.0. The van der Waals surface area contributed by atoms with Crippen LogP contribution in [0.4, 0.5) is 0 Å². The zero-order chi connectivity index (χ0) is 30.5. The number of phenols is 2. The van der Waals surface area contributed by atoms with Crippen molar-refractivity contribution in [2.45, 2.75) is 68.3 Å². The molecule has 5 unspecified atom stereocenters. The minimum Gasteiger partial charge on any atom is -0.508 e. The Bertz CT molecular complexity index is 1470. The predicted octanol–water partition coefficient (Wildman–Crippen LogP) is -1.74. The lowest BCUT2D eigenvalue weighted by atomic mass is 9.99. The number of rotatable bonds is 6. The van der Waals surface area contributed by atoms with Crippen molar-refractivity contribution in [1.29, 1.82) is 0 Å². The molecule has 10 atom stereocenters. The minimum absolute atomic E-state index is 0.112. The monoisotopic (exact) mass is 594 g/mol. The SMILES string of the molecule is CC1O[C@@H](Oc2cc(O)c3c(=O)c(O[C@H]4OC(CO)[C@@H](O)C(O)C4O)c(-c4ccc(O)cc4)oc3c2)C(O)[C@@H](O)[C@H]1O. The van der Waals surface area contributed by atoms with E-state index in [9.17, 15) is 50.8 Å². The molecule has 3 heterocycles. The maximum atomic E-state index is 13.7. The molecule has 2 fully saturated rings. The van der Waals surface area contributed by atoms with Gasteiger partial charge < -0.3 is 69.3 Å². The van der Waals surface area contributed by atoms with E-state index < -0.39 is 90.3 Å². The Morgan fingerprint density at radius 3 is 2.05 bits per heavy atom. The standard InChI is InChI=1S/C27H30O15/c1-9-17(31)20(34)22(36)26(38-9)39-12-6-13(30)16-14(7-12)40-24(10-2-4-11(29)5-3-10)25(19(16)33)42-27-23(37)21(35)18(32)15(8-28)41-27/h2-7,9,15,17-18,20-23,26-32,34-37H,8H2,1H3/t9?,15?,17-,18+,20-,21?,22?,23?,26-,27+/m0/s1. The lowest BCUT2D eigenvalue weighted by molar-refractivity contribution is -0.277. The van der Waals surface area contributed by atoms with Gasteiger partial charge in [0.2, 0.25) is 23.8 Å². The van der Waals surface area contributed by atoms with Crippen molar-refractivity contribution in [2.24, 2.45) is 0 Å². The number of aliphatic hydroxyl groups is 7. The van der Waals surface area contributed by atoms with Crippen LogP contribution in [-0.4, -0.2) is 114 Å². The summed E-state index contributed by atoms with van der Waals surface area (Å²) in [5.74, 6) is -1.77. The van der Waals surface area contributed by atoms with Crippen LogP contribution in [0.15, 0.2) is 45.6 Å². The van der Waals surface area contributed by atoms with Crippen LogP contribution in [-0.2, 0) is 9.47 Å². The van der Waals surface area contributed by atoms with Gasteiger partial charge in [0, 0.05) is 17.7 Å². The van der Waals surface area contributed by atoms with Crippen LogP contribution in [0.5, 0.6) is 23.0 Å². The number of hydrogen-bond acceptors (Lipinski definition) is 15. The van der Waals surface area contributed by atoms with E-state index in [4.69, 9.17) is 23.4 Å². The normalized spacial score (nSPS) is 33.4. The molecule has 2 aromatic carbocycles. The third kappa shape index (κ3) is 5.37. The highest BCUT2D eigenvalue weighted by Gasteiger charge is 2.46. The second-order valence-corrected chi connectivity index (χ2v) is 10.1. The number of phenolic OH excluding ortho intramolecular Hbond substituents is 2. The predicted molar refractivity (Wildman–Crippen MR) is 139 cm³/mol. The van der Waals surface area contributed by atoms with Crippen LogP contribution in [0.1, 0.15) is 6.92 Å². The molecule has 2 aliphatic rings. The maximum Gasteiger partial charge on any atom is 0.239 e. The quantitative estimate of drug-likeness (QED) is 0.154. The molecule has 1 aromatic heterocycles. The van der Waals surface area contributed by atoms with Gasteiger partial charge in [-0.05, 0) is 31.2 Å². The van der Waals surface area contributed by atoms with Gasteiger partial charge in [-0.25, -0.2) is 0 Å². The number of ether oxygens (including phenoxy) is 4. The van der Waals surface area contributed by atoms with Crippen LogP contribution in [0.2, 0.25) is 0 Å². The van der Waals surface area contributed by atoms with Crippen LogP contribution in [0.25, 0.3) is 22.3 Å². The summed E-state index contributed by atoms with van der Waals surface area (Å²) >= 11 is 0. The average Bonchev–Trinajstić information content (AvgIpc) is 2.96. The van der Waals surface area contributed by atoms with Gasteiger partial charge in [0.15, 0.2) is 5.76 Å². The first-order valence-electron chi connectivity index (χ1n) is 12.9. The van der Waals surface area contributed by atoms with Gasteiger partial charge in [-0.3, -0.25) is 4.79 Å². The largest absolute Gasteiger partial charge is 0.508 e. The van der Waals surface area contributed by atoms with Gasteiger partial charge >= 0.3 is 0 Å². The molecular formula is C27H30O15. The highest BCUT2D eigenvalue weighted by molar-refractivity contribution is 5.88. The highest BCUT2D eigenvalue weighted by atomic mass is 16.7. The Kier molecular flexibility index (Phi) is 8.30. The Morgan fingerprint density at radius 1 is 0.786 bits per heavy atom. The third-order valence-corrected chi connectivity index (χ3v) is 7.18. The number of aromatic hydroxyl groups is 2. The number of fused-ring (bicyclic) bond motifs is 1. The first-order chi connectivity index (χ1) is 19.9. The van der Waals surface area contributed by atoms with Gasteiger partial charge in [-0.15, -0.1) is 0 Å². The van der Waals surface area contributed by atoms with Crippen molar-refractivity contribution in [2.75, 3.05) is 6.61 Å². The lowest BCUT2D eigenvalue weighted by Crippen LogP contribution is -2.60. The van der Waals surface area contributed by atoms with Gasteiger partial charge in [-0.2, -0.15) is 0 Å². The Labute approximate surface area is 236 Å². The molecule has 228 valence electrons.